The summed E-state index contributed by atoms with van der Waals surface area (Å²) in [6.45, 7) is 3.62. The van der Waals surface area contributed by atoms with Crippen molar-refractivity contribution in [2.45, 2.75) is 25.4 Å². The van der Waals surface area contributed by atoms with Crippen LogP contribution in [0.3, 0.4) is 0 Å². The molecule has 0 bridgehead atoms. The molecule has 0 aliphatic heterocycles. The first-order valence-corrected chi connectivity index (χ1v) is 8.47. The number of rotatable bonds is 7. The van der Waals surface area contributed by atoms with Crippen LogP contribution in [0.25, 0.3) is 6.08 Å². The summed E-state index contributed by atoms with van der Waals surface area (Å²) < 4.78 is 5.60. The fraction of sp³-hybridized carbons (Fsp3) is 0.294. The van der Waals surface area contributed by atoms with Crippen molar-refractivity contribution in [3.8, 4) is 11.6 Å². The molecule has 2 aromatic heterocycles. The van der Waals surface area contributed by atoms with Crippen LogP contribution in [0.4, 0.5) is 0 Å². The van der Waals surface area contributed by atoms with Gasteiger partial charge in [0.2, 0.25) is 5.88 Å². The number of aromatic nitrogens is 3. The van der Waals surface area contributed by atoms with Gasteiger partial charge in [-0.3, -0.25) is 0 Å². The normalized spacial score (nSPS) is 12.3. The van der Waals surface area contributed by atoms with Crippen LogP contribution in [0, 0.1) is 5.92 Å². The molecule has 0 aliphatic carbocycles. The standard InChI is InChI=1S/C17H19N3O2S/c1-12(8-13(2)21)4-5-14-6-7-16(18-9-14)22-15-10-19-17(23-3)20-11-15/h4-7,9-12H,8H2,1-3H3/b5-4+/t12-/m0/s1. The van der Waals surface area contributed by atoms with Gasteiger partial charge in [0, 0.05) is 18.7 Å². The highest BCUT2D eigenvalue weighted by Gasteiger charge is 2.02. The number of nitrogens with zero attached hydrogens (tertiary/aromatic N) is 3. The van der Waals surface area contributed by atoms with Crippen LogP contribution in [-0.2, 0) is 4.79 Å². The van der Waals surface area contributed by atoms with E-state index < -0.39 is 0 Å². The topological polar surface area (TPSA) is 65.0 Å². The molecule has 0 unspecified atom stereocenters. The van der Waals surface area contributed by atoms with Gasteiger partial charge in [0.15, 0.2) is 10.9 Å². The lowest BCUT2D eigenvalue weighted by molar-refractivity contribution is -0.117. The lowest BCUT2D eigenvalue weighted by Crippen LogP contribution is -1.97. The van der Waals surface area contributed by atoms with E-state index in [4.69, 9.17) is 4.74 Å². The Morgan fingerprint density at radius 2 is 2.00 bits per heavy atom. The molecule has 2 heterocycles. The zero-order valence-corrected chi connectivity index (χ0v) is 14.2. The van der Waals surface area contributed by atoms with E-state index >= 15 is 0 Å². The molecule has 6 heteroatoms. The number of ketones is 1. The smallest absolute Gasteiger partial charge is 0.219 e. The highest BCUT2D eigenvalue weighted by Crippen LogP contribution is 2.19. The van der Waals surface area contributed by atoms with Crippen molar-refractivity contribution in [2.75, 3.05) is 6.26 Å². The Morgan fingerprint density at radius 3 is 2.57 bits per heavy atom. The molecular formula is C17H19N3O2S. The molecule has 5 nitrogen and oxygen atoms in total. The maximum atomic E-state index is 11.0. The van der Waals surface area contributed by atoms with E-state index in [0.29, 0.717) is 23.2 Å². The molecule has 0 radical (unpaired) electrons. The highest BCUT2D eigenvalue weighted by molar-refractivity contribution is 7.98. The van der Waals surface area contributed by atoms with Gasteiger partial charge in [0.25, 0.3) is 0 Å². The molecule has 120 valence electrons. The fourth-order valence-corrected chi connectivity index (χ4v) is 2.25. The third-order valence-corrected chi connectivity index (χ3v) is 3.57. The molecule has 0 saturated carbocycles. The van der Waals surface area contributed by atoms with E-state index in [0.717, 1.165) is 5.56 Å². The molecule has 0 saturated heterocycles. The minimum Gasteiger partial charge on any atom is -0.436 e. The van der Waals surface area contributed by atoms with Gasteiger partial charge in [-0.05, 0) is 30.7 Å². The maximum Gasteiger partial charge on any atom is 0.219 e. The van der Waals surface area contributed by atoms with Gasteiger partial charge in [-0.25, -0.2) is 15.0 Å². The number of Topliss-reactive ketones (excluding diaryl/α,β-unsaturated/α-hetero) is 1. The van der Waals surface area contributed by atoms with Gasteiger partial charge in [0.1, 0.15) is 5.78 Å². The molecule has 23 heavy (non-hydrogen) atoms. The number of carbonyl (C=O) groups excluding carboxylic acids is 1. The van der Waals surface area contributed by atoms with E-state index in [-0.39, 0.29) is 11.7 Å². The summed E-state index contributed by atoms with van der Waals surface area (Å²) in [6.07, 6.45) is 11.4. The van der Waals surface area contributed by atoms with Gasteiger partial charge < -0.3 is 9.53 Å². The van der Waals surface area contributed by atoms with Crippen molar-refractivity contribution >= 4 is 23.6 Å². The molecule has 0 aromatic carbocycles. The number of pyridine rings is 1. The predicted molar refractivity (Wildman–Crippen MR) is 91.6 cm³/mol. The summed E-state index contributed by atoms with van der Waals surface area (Å²) in [5.41, 5.74) is 0.960. The maximum absolute atomic E-state index is 11.0. The van der Waals surface area contributed by atoms with Gasteiger partial charge in [0.05, 0.1) is 12.4 Å². The van der Waals surface area contributed by atoms with Crippen molar-refractivity contribution in [1.29, 1.82) is 0 Å². The number of carbonyl (C=O) groups is 1. The van der Waals surface area contributed by atoms with Crippen molar-refractivity contribution in [3.63, 3.8) is 0 Å². The second kappa shape index (κ2) is 8.43. The molecule has 1 atom stereocenters. The molecule has 2 aromatic rings. The van der Waals surface area contributed by atoms with Gasteiger partial charge in [-0.15, -0.1) is 0 Å². The summed E-state index contributed by atoms with van der Waals surface area (Å²) in [5.74, 6) is 1.45. The number of allylic oxidation sites excluding steroid dienone is 1. The average molecular weight is 329 g/mol. The first-order valence-electron chi connectivity index (χ1n) is 7.24. The number of ether oxygens (including phenoxy) is 1. The third-order valence-electron chi connectivity index (χ3n) is 3.00. The molecule has 0 spiro atoms. The molecule has 0 amide bonds. The minimum atomic E-state index is 0.193. The first-order chi connectivity index (χ1) is 11.1. The van der Waals surface area contributed by atoms with E-state index in [2.05, 4.69) is 15.0 Å². The van der Waals surface area contributed by atoms with Crippen molar-refractivity contribution in [2.24, 2.45) is 5.92 Å². The van der Waals surface area contributed by atoms with Gasteiger partial charge >= 0.3 is 0 Å². The summed E-state index contributed by atoms with van der Waals surface area (Å²) in [6, 6.07) is 3.70. The fourth-order valence-electron chi connectivity index (χ4n) is 1.93. The SMILES string of the molecule is CSc1ncc(Oc2ccc(/C=C/[C@H](C)CC(C)=O)cn2)cn1. The monoisotopic (exact) mass is 329 g/mol. The van der Waals surface area contributed by atoms with E-state index in [9.17, 15) is 4.79 Å². The molecule has 0 N–H and O–H groups in total. The van der Waals surface area contributed by atoms with Crippen molar-refractivity contribution < 1.29 is 9.53 Å². The lowest BCUT2D eigenvalue weighted by atomic mass is 10.0. The van der Waals surface area contributed by atoms with Gasteiger partial charge in [-0.1, -0.05) is 30.8 Å². The zero-order chi connectivity index (χ0) is 16.7. The van der Waals surface area contributed by atoms with Crippen molar-refractivity contribution in [3.05, 3.63) is 42.4 Å². The van der Waals surface area contributed by atoms with Crippen molar-refractivity contribution in [1.82, 2.24) is 15.0 Å². The Hall–Kier alpha value is -2.21. The number of hydrogen-bond donors (Lipinski definition) is 0. The molecule has 0 aliphatic rings. The van der Waals surface area contributed by atoms with E-state index in [1.54, 1.807) is 31.6 Å². The predicted octanol–water partition coefficient (Wildman–Crippen LogP) is 4.01. The van der Waals surface area contributed by atoms with Crippen LogP contribution >= 0.6 is 11.8 Å². The first kappa shape index (κ1) is 17.1. The highest BCUT2D eigenvalue weighted by atomic mass is 32.2. The largest absolute Gasteiger partial charge is 0.436 e. The van der Waals surface area contributed by atoms with Crippen LogP contribution in [0.2, 0.25) is 0 Å². The number of thioether (sulfide) groups is 1. The lowest BCUT2D eigenvalue weighted by Gasteiger charge is -2.05. The minimum absolute atomic E-state index is 0.193. The second-order valence-corrected chi connectivity index (χ2v) is 5.95. The van der Waals surface area contributed by atoms with Gasteiger partial charge in [-0.2, -0.15) is 0 Å². The Kier molecular flexibility index (Phi) is 6.29. The molecule has 2 rings (SSSR count). The van der Waals surface area contributed by atoms with Crippen LogP contribution in [0.15, 0.2) is 42.0 Å². The van der Waals surface area contributed by atoms with E-state index in [1.807, 2.05) is 31.4 Å². The molecule has 0 fully saturated rings. The third kappa shape index (κ3) is 5.83. The quantitative estimate of drug-likeness (QED) is 0.565. The average Bonchev–Trinajstić information content (AvgIpc) is 2.54. The zero-order valence-electron chi connectivity index (χ0n) is 13.4. The van der Waals surface area contributed by atoms with Crippen LogP contribution in [-0.4, -0.2) is 27.0 Å². The second-order valence-electron chi connectivity index (χ2n) is 5.18. The van der Waals surface area contributed by atoms with Crippen LogP contribution in [0.1, 0.15) is 25.8 Å². The number of hydrogen-bond acceptors (Lipinski definition) is 6. The molecular weight excluding hydrogens is 310 g/mol. The Bertz CT molecular complexity index is 669. The Morgan fingerprint density at radius 1 is 1.26 bits per heavy atom. The summed E-state index contributed by atoms with van der Waals surface area (Å²) >= 11 is 1.47. The summed E-state index contributed by atoms with van der Waals surface area (Å²) in [5, 5.41) is 0.700. The Labute approximate surface area is 140 Å². The Balaban J connectivity index is 1.95. The van der Waals surface area contributed by atoms with E-state index in [1.165, 1.54) is 11.8 Å². The van der Waals surface area contributed by atoms with Crippen LogP contribution < -0.4 is 4.74 Å². The van der Waals surface area contributed by atoms with Crippen LogP contribution in [0.5, 0.6) is 11.6 Å². The summed E-state index contributed by atoms with van der Waals surface area (Å²) in [7, 11) is 0. The summed E-state index contributed by atoms with van der Waals surface area (Å²) in [4.78, 5) is 23.6.